The smallest absolute Gasteiger partial charge is 0.344 e. The summed E-state index contributed by atoms with van der Waals surface area (Å²) in [7, 11) is 0. The number of carbonyl (C=O) groups excluding carboxylic acids is 1. The van der Waals surface area contributed by atoms with Crippen molar-refractivity contribution in [3.8, 4) is 5.75 Å². The molecule has 0 saturated heterocycles. The summed E-state index contributed by atoms with van der Waals surface area (Å²) in [5.41, 5.74) is 0. The molecule has 0 fully saturated rings. The molecule has 0 aliphatic heterocycles. The molecule has 0 unspecified atom stereocenters. The second kappa shape index (κ2) is 6.47. The maximum absolute atomic E-state index is 11.3. The van der Waals surface area contributed by atoms with Gasteiger partial charge >= 0.3 is 5.97 Å². The van der Waals surface area contributed by atoms with Crippen LogP contribution in [0.4, 0.5) is 0 Å². The van der Waals surface area contributed by atoms with E-state index in [9.17, 15) is 4.79 Å². The van der Waals surface area contributed by atoms with Crippen molar-refractivity contribution in [3.63, 3.8) is 0 Å². The maximum Gasteiger partial charge on any atom is 0.344 e. The number of rotatable bonds is 4. The largest absolute Gasteiger partial charge is 0.480 e. The molecule has 0 heterocycles. The topological polar surface area (TPSA) is 35.5 Å². The first-order chi connectivity index (χ1) is 7.90. The standard InChI is InChI=1S/C11H11BrCl2O3/c1-6(2)17-11(15)5-16-10-4-8(13)7(12)3-9(10)14/h3-4,6H,5H2,1-2H3. The number of carbonyl (C=O) groups is 1. The number of halogens is 3. The predicted octanol–water partition coefficient (Wildman–Crippen LogP) is 4.09. The van der Waals surface area contributed by atoms with E-state index in [1.165, 1.54) is 6.07 Å². The Morgan fingerprint density at radius 2 is 2.00 bits per heavy atom. The SMILES string of the molecule is CC(C)OC(=O)COc1cc(Cl)c(Br)cc1Cl. The van der Waals surface area contributed by atoms with E-state index in [-0.39, 0.29) is 12.7 Å². The molecule has 1 rings (SSSR count). The molecular formula is C11H11BrCl2O3. The fourth-order valence-electron chi connectivity index (χ4n) is 1.05. The minimum absolute atomic E-state index is 0.171. The third kappa shape index (κ3) is 4.74. The average Bonchev–Trinajstić information content (AvgIpc) is 2.20. The van der Waals surface area contributed by atoms with Crippen molar-refractivity contribution in [2.24, 2.45) is 0 Å². The van der Waals surface area contributed by atoms with E-state index in [1.807, 2.05) is 0 Å². The zero-order valence-corrected chi connectivity index (χ0v) is 12.4. The Bertz CT molecular complexity index is 421. The normalized spacial score (nSPS) is 10.5. The van der Waals surface area contributed by atoms with Crippen LogP contribution in [0, 0.1) is 0 Å². The maximum atomic E-state index is 11.3. The zero-order chi connectivity index (χ0) is 13.0. The average molecular weight is 342 g/mol. The van der Waals surface area contributed by atoms with Gasteiger partial charge in [0.05, 0.1) is 16.1 Å². The molecule has 0 amide bonds. The highest BCUT2D eigenvalue weighted by Crippen LogP contribution is 2.33. The van der Waals surface area contributed by atoms with Gasteiger partial charge in [0.1, 0.15) is 5.75 Å². The van der Waals surface area contributed by atoms with Gasteiger partial charge in [-0.2, -0.15) is 0 Å². The van der Waals surface area contributed by atoms with Crippen molar-refractivity contribution in [1.82, 2.24) is 0 Å². The van der Waals surface area contributed by atoms with Gasteiger partial charge in [-0.25, -0.2) is 4.79 Å². The van der Waals surface area contributed by atoms with Gasteiger partial charge in [-0.15, -0.1) is 0 Å². The first kappa shape index (κ1) is 14.6. The molecule has 3 nitrogen and oxygen atoms in total. The van der Waals surface area contributed by atoms with E-state index in [0.29, 0.717) is 20.3 Å². The lowest BCUT2D eigenvalue weighted by atomic mass is 10.3. The first-order valence-corrected chi connectivity index (χ1v) is 6.42. The van der Waals surface area contributed by atoms with Gasteiger partial charge in [-0.1, -0.05) is 23.2 Å². The summed E-state index contributed by atoms with van der Waals surface area (Å²) in [6, 6.07) is 3.14. The van der Waals surface area contributed by atoms with Crippen LogP contribution in [0.2, 0.25) is 10.0 Å². The highest BCUT2D eigenvalue weighted by Gasteiger charge is 2.10. The third-order valence-corrected chi connectivity index (χ3v) is 3.18. The van der Waals surface area contributed by atoms with Gasteiger partial charge in [0, 0.05) is 10.5 Å². The Hall–Kier alpha value is -0.450. The van der Waals surface area contributed by atoms with Crippen LogP contribution >= 0.6 is 39.1 Å². The lowest BCUT2D eigenvalue weighted by Gasteiger charge is -2.10. The van der Waals surface area contributed by atoms with Gasteiger partial charge in [0.2, 0.25) is 0 Å². The minimum Gasteiger partial charge on any atom is -0.480 e. The van der Waals surface area contributed by atoms with Crippen LogP contribution in [-0.4, -0.2) is 18.7 Å². The van der Waals surface area contributed by atoms with Crippen LogP contribution in [-0.2, 0) is 9.53 Å². The second-order valence-corrected chi connectivity index (χ2v) is 5.19. The van der Waals surface area contributed by atoms with Crippen molar-refractivity contribution in [2.45, 2.75) is 20.0 Å². The lowest BCUT2D eigenvalue weighted by Crippen LogP contribution is -2.18. The van der Waals surface area contributed by atoms with Crippen LogP contribution < -0.4 is 4.74 Å². The summed E-state index contributed by atoms with van der Waals surface area (Å²) in [5.74, 6) is -0.101. The number of hydrogen-bond donors (Lipinski definition) is 0. The van der Waals surface area contributed by atoms with Gasteiger partial charge < -0.3 is 9.47 Å². The molecule has 0 saturated carbocycles. The Balaban J connectivity index is 2.63. The van der Waals surface area contributed by atoms with E-state index < -0.39 is 5.97 Å². The summed E-state index contributed by atoms with van der Waals surface area (Å²) in [6.45, 7) is 3.33. The monoisotopic (exact) mass is 340 g/mol. The number of esters is 1. The van der Waals surface area contributed by atoms with E-state index in [1.54, 1.807) is 19.9 Å². The van der Waals surface area contributed by atoms with Crippen molar-refractivity contribution in [3.05, 3.63) is 26.7 Å². The number of hydrogen-bond acceptors (Lipinski definition) is 3. The summed E-state index contributed by atoms with van der Waals surface area (Å²) in [6.07, 6.45) is -0.171. The molecule has 17 heavy (non-hydrogen) atoms. The van der Waals surface area contributed by atoms with E-state index >= 15 is 0 Å². The third-order valence-electron chi connectivity index (χ3n) is 1.69. The summed E-state index contributed by atoms with van der Waals surface area (Å²) in [4.78, 5) is 11.3. The fourth-order valence-corrected chi connectivity index (χ4v) is 1.90. The second-order valence-electron chi connectivity index (χ2n) is 3.52. The van der Waals surface area contributed by atoms with Crippen LogP contribution in [0.15, 0.2) is 16.6 Å². The van der Waals surface area contributed by atoms with Crippen molar-refractivity contribution in [1.29, 1.82) is 0 Å². The van der Waals surface area contributed by atoms with Gasteiger partial charge in [-0.05, 0) is 35.8 Å². The van der Waals surface area contributed by atoms with Gasteiger partial charge in [0.15, 0.2) is 6.61 Å². The number of benzene rings is 1. The summed E-state index contributed by atoms with van der Waals surface area (Å²) >= 11 is 15.0. The fraction of sp³-hybridized carbons (Fsp3) is 0.364. The van der Waals surface area contributed by atoms with Crippen molar-refractivity contribution >= 4 is 45.1 Å². The molecule has 1 aromatic rings. The Labute approximate surface area is 118 Å². The van der Waals surface area contributed by atoms with E-state index in [0.717, 1.165) is 0 Å². The van der Waals surface area contributed by atoms with Crippen LogP contribution in [0.25, 0.3) is 0 Å². The summed E-state index contributed by atoms with van der Waals surface area (Å²) < 4.78 is 10.8. The van der Waals surface area contributed by atoms with Gasteiger partial charge in [0.25, 0.3) is 0 Å². The molecule has 0 N–H and O–H groups in total. The van der Waals surface area contributed by atoms with Crippen LogP contribution in [0.1, 0.15) is 13.8 Å². The number of ether oxygens (including phenoxy) is 2. The Kier molecular flexibility index (Phi) is 5.56. The quantitative estimate of drug-likeness (QED) is 0.611. The Morgan fingerprint density at radius 3 is 2.59 bits per heavy atom. The van der Waals surface area contributed by atoms with Crippen molar-refractivity contribution < 1.29 is 14.3 Å². The minimum atomic E-state index is -0.449. The molecule has 1 aromatic carbocycles. The highest BCUT2D eigenvalue weighted by molar-refractivity contribution is 9.10. The molecule has 0 aromatic heterocycles. The molecule has 0 radical (unpaired) electrons. The predicted molar refractivity (Wildman–Crippen MR) is 70.9 cm³/mol. The summed E-state index contributed by atoms with van der Waals surface area (Å²) in [5, 5.41) is 0.834. The molecule has 0 atom stereocenters. The molecule has 94 valence electrons. The van der Waals surface area contributed by atoms with Crippen LogP contribution in [0.3, 0.4) is 0 Å². The lowest BCUT2D eigenvalue weighted by molar-refractivity contribution is -0.149. The molecule has 0 aliphatic carbocycles. The van der Waals surface area contributed by atoms with Crippen molar-refractivity contribution in [2.75, 3.05) is 6.61 Å². The molecular weight excluding hydrogens is 331 g/mol. The van der Waals surface area contributed by atoms with Crippen LogP contribution in [0.5, 0.6) is 5.75 Å². The molecule has 0 spiro atoms. The van der Waals surface area contributed by atoms with E-state index in [2.05, 4.69) is 15.9 Å². The first-order valence-electron chi connectivity index (χ1n) is 4.87. The zero-order valence-electron chi connectivity index (χ0n) is 9.30. The van der Waals surface area contributed by atoms with Gasteiger partial charge in [-0.3, -0.25) is 0 Å². The molecule has 0 aliphatic rings. The Morgan fingerprint density at radius 1 is 1.35 bits per heavy atom. The van der Waals surface area contributed by atoms with E-state index in [4.69, 9.17) is 32.7 Å². The molecule has 0 bridgehead atoms. The highest BCUT2D eigenvalue weighted by atomic mass is 79.9. The molecule has 6 heteroatoms.